The third kappa shape index (κ3) is 3.60. The molecule has 1 aliphatic heterocycles. The van der Waals surface area contributed by atoms with E-state index >= 15 is 0 Å². The van der Waals surface area contributed by atoms with Crippen LogP contribution in [0, 0.1) is 5.92 Å². The molecular weight excluding hydrogens is 316 g/mol. The van der Waals surface area contributed by atoms with E-state index in [0.29, 0.717) is 25.6 Å². The number of hydrogen-bond acceptors (Lipinski definition) is 4. The van der Waals surface area contributed by atoms with Gasteiger partial charge in [-0.1, -0.05) is 12.8 Å². The van der Waals surface area contributed by atoms with Crippen LogP contribution >= 0.6 is 0 Å². The van der Waals surface area contributed by atoms with Gasteiger partial charge in [0, 0.05) is 33.4 Å². The van der Waals surface area contributed by atoms with E-state index < -0.39 is 10.2 Å². The third-order valence-corrected chi connectivity index (χ3v) is 6.67. The Hall–Kier alpha value is -0.960. The lowest BCUT2D eigenvalue weighted by Gasteiger charge is -2.35. The number of fused-ring (bicyclic) bond motifs is 1. The first kappa shape index (κ1) is 16.9. The Bertz CT molecular complexity index is 622. The summed E-state index contributed by atoms with van der Waals surface area (Å²) in [5.74, 6) is 0.669. The summed E-state index contributed by atoms with van der Waals surface area (Å²) in [7, 11) is -0.299. The number of imidazole rings is 1. The molecule has 0 bridgehead atoms. The van der Waals surface area contributed by atoms with Crippen LogP contribution in [0.4, 0.5) is 0 Å². The van der Waals surface area contributed by atoms with E-state index in [0.717, 1.165) is 12.3 Å². The fourth-order valence-corrected chi connectivity index (χ4v) is 4.56. The molecule has 0 radical (unpaired) electrons. The molecule has 0 saturated heterocycles. The molecule has 1 saturated carbocycles. The molecule has 0 spiro atoms. The molecule has 0 amide bonds. The van der Waals surface area contributed by atoms with Gasteiger partial charge in [-0.05, 0) is 18.8 Å². The Kier molecular flexibility index (Phi) is 5.05. The summed E-state index contributed by atoms with van der Waals surface area (Å²) in [5.41, 5.74) is 0.913. The van der Waals surface area contributed by atoms with Gasteiger partial charge < -0.3 is 9.30 Å². The van der Waals surface area contributed by atoms with Crippen molar-refractivity contribution < 1.29 is 13.2 Å². The molecule has 0 N–H and O–H groups in total. The topological polar surface area (TPSA) is 67.7 Å². The molecule has 1 aromatic rings. The van der Waals surface area contributed by atoms with Gasteiger partial charge >= 0.3 is 0 Å². The number of rotatable bonds is 6. The zero-order valence-electron chi connectivity index (χ0n) is 13.9. The first-order chi connectivity index (χ1) is 11.0. The molecule has 23 heavy (non-hydrogen) atoms. The minimum absolute atomic E-state index is 0.0163. The first-order valence-electron chi connectivity index (χ1n) is 8.24. The highest BCUT2D eigenvalue weighted by Crippen LogP contribution is 2.27. The average molecular weight is 342 g/mol. The summed E-state index contributed by atoms with van der Waals surface area (Å²) in [4.78, 5) is 4.17. The van der Waals surface area contributed by atoms with Crippen LogP contribution in [-0.2, 0) is 21.5 Å². The van der Waals surface area contributed by atoms with Gasteiger partial charge in [0.15, 0.2) is 0 Å². The van der Waals surface area contributed by atoms with E-state index in [-0.39, 0.29) is 6.04 Å². The van der Waals surface area contributed by atoms with Crippen molar-refractivity contribution >= 4 is 10.2 Å². The number of nitrogens with zero attached hydrogens (tertiary/aromatic N) is 4. The lowest BCUT2D eigenvalue weighted by Crippen LogP contribution is -2.46. The quantitative estimate of drug-likeness (QED) is 0.780. The maximum atomic E-state index is 12.4. The molecule has 0 unspecified atom stereocenters. The second kappa shape index (κ2) is 6.88. The summed E-state index contributed by atoms with van der Waals surface area (Å²) in [6.45, 7) is 2.09. The summed E-state index contributed by atoms with van der Waals surface area (Å²) in [5, 5.41) is 0. The third-order valence-electron chi connectivity index (χ3n) is 4.82. The van der Waals surface area contributed by atoms with Crippen molar-refractivity contribution in [2.45, 2.75) is 38.3 Å². The highest BCUT2D eigenvalue weighted by atomic mass is 32.2. The second-order valence-corrected chi connectivity index (χ2v) is 8.86. The van der Waals surface area contributed by atoms with Gasteiger partial charge in [0.2, 0.25) is 0 Å². The standard InChI is InChI=1S/C15H26N4O3S/c1-17(2)23(20,21)18-8-14-7-16-12-19(14)15(9-18)11-22-10-13-5-3-4-6-13/h7,12-13,15H,3-6,8-11H2,1-2H3/t15-/m0/s1. The van der Waals surface area contributed by atoms with E-state index in [4.69, 9.17) is 4.74 Å². The molecule has 2 aliphatic rings. The summed E-state index contributed by atoms with van der Waals surface area (Å²) >= 11 is 0. The van der Waals surface area contributed by atoms with Crippen LogP contribution in [0.5, 0.6) is 0 Å². The summed E-state index contributed by atoms with van der Waals surface area (Å²) in [6, 6.07) is -0.0163. The zero-order chi connectivity index (χ0) is 16.4. The monoisotopic (exact) mass is 342 g/mol. The van der Waals surface area contributed by atoms with E-state index in [1.165, 1.54) is 34.3 Å². The largest absolute Gasteiger partial charge is 0.379 e. The van der Waals surface area contributed by atoms with Crippen LogP contribution in [-0.4, -0.2) is 60.4 Å². The summed E-state index contributed by atoms with van der Waals surface area (Å²) in [6.07, 6.45) is 8.63. The van der Waals surface area contributed by atoms with E-state index in [9.17, 15) is 8.42 Å². The smallest absolute Gasteiger partial charge is 0.281 e. The van der Waals surface area contributed by atoms with Crippen LogP contribution in [0.3, 0.4) is 0 Å². The van der Waals surface area contributed by atoms with E-state index in [1.807, 2.05) is 0 Å². The minimum atomic E-state index is -3.42. The Balaban J connectivity index is 1.66. The first-order valence-corrected chi connectivity index (χ1v) is 9.64. The van der Waals surface area contributed by atoms with Gasteiger partial charge in [-0.3, -0.25) is 0 Å². The molecule has 2 heterocycles. The second-order valence-electron chi connectivity index (χ2n) is 6.72. The van der Waals surface area contributed by atoms with Crippen molar-refractivity contribution in [3.05, 3.63) is 18.2 Å². The molecule has 1 fully saturated rings. The molecule has 3 rings (SSSR count). The van der Waals surface area contributed by atoms with Gasteiger partial charge in [-0.2, -0.15) is 17.0 Å². The SMILES string of the molecule is CN(C)S(=O)(=O)N1Cc2cncn2[C@H](COCC2CCCC2)C1. The van der Waals surface area contributed by atoms with Crippen LogP contribution in [0.15, 0.2) is 12.5 Å². The fourth-order valence-electron chi connectivity index (χ4n) is 3.44. The fraction of sp³-hybridized carbons (Fsp3) is 0.800. The number of aromatic nitrogens is 2. The Morgan fingerprint density at radius 1 is 1.30 bits per heavy atom. The number of ether oxygens (including phenoxy) is 1. The Morgan fingerprint density at radius 2 is 2.04 bits per heavy atom. The van der Waals surface area contributed by atoms with Crippen molar-refractivity contribution in [3.63, 3.8) is 0 Å². The average Bonchev–Trinajstić information content (AvgIpc) is 3.17. The molecule has 0 aromatic carbocycles. The van der Waals surface area contributed by atoms with Crippen molar-refractivity contribution in [1.29, 1.82) is 0 Å². The van der Waals surface area contributed by atoms with Crippen LogP contribution < -0.4 is 0 Å². The molecule has 1 atom stereocenters. The zero-order valence-corrected chi connectivity index (χ0v) is 14.7. The van der Waals surface area contributed by atoms with Crippen LogP contribution in [0.2, 0.25) is 0 Å². The predicted octanol–water partition coefficient (Wildman–Crippen LogP) is 1.25. The molecular formula is C15H26N4O3S. The molecule has 130 valence electrons. The van der Waals surface area contributed by atoms with Gasteiger partial charge in [-0.15, -0.1) is 0 Å². The molecule has 1 aromatic heterocycles. The highest BCUT2D eigenvalue weighted by Gasteiger charge is 2.33. The van der Waals surface area contributed by atoms with Crippen molar-refractivity contribution in [3.8, 4) is 0 Å². The van der Waals surface area contributed by atoms with Gasteiger partial charge in [0.05, 0.1) is 31.2 Å². The number of hydrogen-bond donors (Lipinski definition) is 0. The van der Waals surface area contributed by atoms with Crippen molar-refractivity contribution in [2.75, 3.05) is 33.9 Å². The van der Waals surface area contributed by atoms with Gasteiger partial charge in [0.25, 0.3) is 10.2 Å². The van der Waals surface area contributed by atoms with Crippen molar-refractivity contribution in [1.82, 2.24) is 18.2 Å². The van der Waals surface area contributed by atoms with Gasteiger partial charge in [0.1, 0.15) is 0 Å². The maximum absolute atomic E-state index is 12.4. The van der Waals surface area contributed by atoms with Crippen LogP contribution in [0.25, 0.3) is 0 Å². The Labute approximate surface area is 138 Å². The van der Waals surface area contributed by atoms with Crippen molar-refractivity contribution in [2.24, 2.45) is 5.92 Å². The minimum Gasteiger partial charge on any atom is -0.379 e. The normalized spacial score (nSPS) is 23.5. The lowest BCUT2D eigenvalue weighted by molar-refractivity contribution is 0.0628. The molecule has 1 aliphatic carbocycles. The highest BCUT2D eigenvalue weighted by molar-refractivity contribution is 7.86. The summed E-state index contributed by atoms with van der Waals surface area (Å²) < 4.78 is 35.6. The Morgan fingerprint density at radius 3 is 2.74 bits per heavy atom. The molecule has 7 nitrogen and oxygen atoms in total. The van der Waals surface area contributed by atoms with Crippen LogP contribution in [0.1, 0.15) is 37.4 Å². The lowest BCUT2D eigenvalue weighted by atomic mass is 10.1. The molecule has 8 heteroatoms. The van der Waals surface area contributed by atoms with E-state index in [1.54, 1.807) is 26.6 Å². The predicted molar refractivity (Wildman–Crippen MR) is 87.1 cm³/mol. The van der Waals surface area contributed by atoms with Gasteiger partial charge in [-0.25, -0.2) is 4.98 Å². The van der Waals surface area contributed by atoms with E-state index in [2.05, 4.69) is 9.55 Å². The maximum Gasteiger partial charge on any atom is 0.281 e.